The number of allylic oxidation sites excluding steroid dienone is 2. The first-order valence-electron chi connectivity index (χ1n) is 3.73. The molecule has 0 aromatic rings. The molecule has 66 valence electrons. The number of carbonyl (C=O) groups is 2. The van der Waals surface area contributed by atoms with Gasteiger partial charge in [-0.2, -0.15) is 0 Å². The van der Waals surface area contributed by atoms with Gasteiger partial charge in [-0.1, -0.05) is 12.2 Å². The number of aliphatic carboxylic acids is 2. The van der Waals surface area contributed by atoms with Gasteiger partial charge >= 0.3 is 11.9 Å². The zero-order valence-corrected chi connectivity index (χ0v) is 6.43. The summed E-state index contributed by atoms with van der Waals surface area (Å²) in [5, 5.41) is 17.2. The van der Waals surface area contributed by atoms with E-state index in [0.29, 0.717) is 12.8 Å². The van der Waals surface area contributed by atoms with Crippen LogP contribution < -0.4 is 0 Å². The smallest absolute Gasteiger partial charge is 0.318 e. The van der Waals surface area contributed by atoms with Gasteiger partial charge in [0.15, 0.2) is 5.92 Å². The quantitative estimate of drug-likeness (QED) is 0.484. The van der Waals surface area contributed by atoms with Gasteiger partial charge in [0.05, 0.1) is 0 Å². The van der Waals surface area contributed by atoms with E-state index in [0.717, 1.165) is 0 Å². The molecule has 1 aliphatic rings. The minimum atomic E-state index is -1.25. The largest absolute Gasteiger partial charge is 0.481 e. The zero-order valence-electron chi connectivity index (χ0n) is 6.43. The molecule has 0 saturated carbocycles. The summed E-state index contributed by atoms with van der Waals surface area (Å²) in [5.74, 6) is -3.99. The molecule has 0 heterocycles. The van der Waals surface area contributed by atoms with Crippen LogP contribution in [0.15, 0.2) is 12.2 Å². The van der Waals surface area contributed by atoms with Crippen LogP contribution in [0.1, 0.15) is 12.8 Å². The monoisotopic (exact) mass is 170 g/mol. The summed E-state index contributed by atoms with van der Waals surface area (Å²) in [5.41, 5.74) is 0. The molecule has 4 nitrogen and oxygen atoms in total. The Kier molecular flexibility index (Phi) is 2.47. The number of hydrogen-bond donors (Lipinski definition) is 2. The standard InChI is InChI=1S/C8H10O4/c9-7(10)6(8(11)12)5-3-1-2-4-5/h1-2,5-6H,3-4H2,(H,9,10)(H,11,12). The second kappa shape index (κ2) is 3.38. The van der Waals surface area contributed by atoms with Crippen molar-refractivity contribution in [2.24, 2.45) is 11.8 Å². The van der Waals surface area contributed by atoms with Crippen LogP contribution in [-0.4, -0.2) is 22.2 Å². The van der Waals surface area contributed by atoms with E-state index in [1.165, 1.54) is 0 Å². The summed E-state index contributed by atoms with van der Waals surface area (Å²) in [6.45, 7) is 0. The van der Waals surface area contributed by atoms with Crippen molar-refractivity contribution in [2.75, 3.05) is 0 Å². The lowest BCUT2D eigenvalue weighted by Gasteiger charge is -2.13. The third kappa shape index (κ3) is 1.64. The maximum absolute atomic E-state index is 10.5. The SMILES string of the molecule is O=C(O)C(C(=O)O)C1CC=CC1. The molecule has 4 heteroatoms. The Labute approximate surface area is 69.5 Å². The topological polar surface area (TPSA) is 74.6 Å². The predicted octanol–water partition coefficient (Wildman–Crippen LogP) is 0.738. The van der Waals surface area contributed by atoms with E-state index >= 15 is 0 Å². The van der Waals surface area contributed by atoms with Crippen LogP contribution in [0.3, 0.4) is 0 Å². The molecule has 1 aliphatic carbocycles. The van der Waals surface area contributed by atoms with Gasteiger partial charge in [0.2, 0.25) is 0 Å². The fraction of sp³-hybridized carbons (Fsp3) is 0.500. The molecule has 0 bridgehead atoms. The second-order valence-corrected chi connectivity index (χ2v) is 2.86. The minimum absolute atomic E-state index is 0.264. The fourth-order valence-electron chi connectivity index (χ4n) is 1.42. The molecule has 0 aliphatic heterocycles. The first-order chi connectivity index (χ1) is 5.63. The third-order valence-corrected chi connectivity index (χ3v) is 2.05. The molecule has 0 unspecified atom stereocenters. The number of carboxylic acids is 2. The van der Waals surface area contributed by atoms with E-state index in [1.807, 2.05) is 12.2 Å². The van der Waals surface area contributed by atoms with E-state index in [4.69, 9.17) is 10.2 Å². The summed E-state index contributed by atoms with van der Waals surface area (Å²) in [4.78, 5) is 21.0. The molecule has 12 heavy (non-hydrogen) atoms. The molecule has 0 saturated heterocycles. The van der Waals surface area contributed by atoms with Crippen molar-refractivity contribution in [3.8, 4) is 0 Å². The Morgan fingerprint density at radius 3 is 1.92 bits per heavy atom. The van der Waals surface area contributed by atoms with Crippen LogP contribution >= 0.6 is 0 Å². The summed E-state index contributed by atoms with van der Waals surface area (Å²) < 4.78 is 0. The van der Waals surface area contributed by atoms with Gasteiger partial charge in [-0.15, -0.1) is 0 Å². The van der Waals surface area contributed by atoms with E-state index in [9.17, 15) is 9.59 Å². The van der Waals surface area contributed by atoms with Crippen LogP contribution in [0, 0.1) is 11.8 Å². The molecule has 0 radical (unpaired) electrons. The zero-order chi connectivity index (χ0) is 9.14. The van der Waals surface area contributed by atoms with Crippen molar-refractivity contribution in [3.05, 3.63) is 12.2 Å². The molecule has 0 aromatic carbocycles. The third-order valence-electron chi connectivity index (χ3n) is 2.05. The van der Waals surface area contributed by atoms with E-state index in [2.05, 4.69) is 0 Å². The number of hydrogen-bond acceptors (Lipinski definition) is 2. The lowest BCUT2D eigenvalue weighted by atomic mass is 9.90. The Bertz CT molecular complexity index is 209. The highest BCUT2D eigenvalue weighted by Gasteiger charge is 2.34. The van der Waals surface area contributed by atoms with Crippen molar-refractivity contribution in [3.63, 3.8) is 0 Å². The molecular formula is C8H10O4. The van der Waals surface area contributed by atoms with E-state index in [1.54, 1.807) is 0 Å². The molecule has 1 rings (SSSR count). The Balaban J connectivity index is 2.66. The van der Waals surface area contributed by atoms with Crippen molar-refractivity contribution in [1.29, 1.82) is 0 Å². The Morgan fingerprint density at radius 1 is 1.17 bits per heavy atom. The summed E-state index contributed by atoms with van der Waals surface area (Å²) in [6.07, 6.45) is 4.76. The molecular weight excluding hydrogens is 160 g/mol. The average molecular weight is 170 g/mol. The van der Waals surface area contributed by atoms with Crippen LogP contribution in [0.2, 0.25) is 0 Å². The lowest BCUT2D eigenvalue weighted by molar-refractivity contribution is -0.157. The van der Waals surface area contributed by atoms with Gasteiger partial charge in [-0.25, -0.2) is 0 Å². The number of rotatable bonds is 3. The van der Waals surface area contributed by atoms with Gasteiger partial charge in [-0.3, -0.25) is 9.59 Å². The summed E-state index contributed by atoms with van der Waals surface area (Å²) in [6, 6.07) is 0. The first-order valence-corrected chi connectivity index (χ1v) is 3.73. The predicted molar refractivity (Wildman–Crippen MR) is 40.6 cm³/mol. The molecule has 0 amide bonds. The van der Waals surface area contributed by atoms with Crippen LogP contribution in [0.5, 0.6) is 0 Å². The van der Waals surface area contributed by atoms with Crippen LogP contribution in [0.4, 0.5) is 0 Å². The maximum Gasteiger partial charge on any atom is 0.318 e. The summed E-state index contributed by atoms with van der Waals surface area (Å²) in [7, 11) is 0. The highest BCUT2D eigenvalue weighted by atomic mass is 16.4. The van der Waals surface area contributed by atoms with E-state index < -0.39 is 17.9 Å². The van der Waals surface area contributed by atoms with Crippen molar-refractivity contribution >= 4 is 11.9 Å². The van der Waals surface area contributed by atoms with Gasteiger partial charge in [0, 0.05) is 0 Å². The second-order valence-electron chi connectivity index (χ2n) is 2.86. The fourth-order valence-corrected chi connectivity index (χ4v) is 1.42. The van der Waals surface area contributed by atoms with Crippen LogP contribution in [-0.2, 0) is 9.59 Å². The molecule has 0 aromatic heterocycles. The average Bonchev–Trinajstić information content (AvgIpc) is 2.37. The van der Waals surface area contributed by atoms with Crippen molar-refractivity contribution in [1.82, 2.24) is 0 Å². The Hall–Kier alpha value is -1.32. The summed E-state index contributed by atoms with van der Waals surface area (Å²) >= 11 is 0. The van der Waals surface area contributed by atoms with Gasteiger partial charge in [0.25, 0.3) is 0 Å². The molecule has 0 atom stereocenters. The molecule has 2 N–H and O–H groups in total. The minimum Gasteiger partial charge on any atom is -0.481 e. The van der Waals surface area contributed by atoms with Crippen molar-refractivity contribution < 1.29 is 19.8 Å². The van der Waals surface area contributed by atoms with Crippen LogP contribution in [0.25, 0.3) is 0 Å². The highest BCUT2D eigenvalue weighted by Crippen LogP contribution is 2.26. The number of carboxylic acid groups (broad SMARTS) is 2. The van der Waals surface area contributed by atoms with Gasteiger partial charge in [0.1, 0.15) is 0 Å². The first kappa shape index (κ1) is 8.77. The maximum atomic E-state index is 10.5. The van der Waals surface area contributed by atoms with Crippen molar-refractivity contribution in [2.45, 2.75) is 12.8 Å². The lowest BCUT2D eigenvalue weighted by Crippen LogP contribution is -2.29. The van der Waals surface area contributed by atoms with E-state index in [-0.39, 0.29) is 5.92 Å². The highest BCUT2D eigenvalue weighted by molar-refractivity contribution is 5.93. The normalized spacial score (nSPS) is 17.1. The Morgan fingerprint density at radius 2 is 1.58 bits per heavy atom. The molecule has 0 fully saturated rings. The van der Waals surface area contributed by atoms with Gasteiger partial charge < -0.3 is 10.2 Å². The van der Waals surface area contributed by atoms with Gasteiger partial charge in [-0.05, 0) is 18.8 Å². The molecule has 0 spiro atoms.